The van der Waals surface area contributed by atoms with Crippen LogP contribution in [-0.2, 0) is 19.2 Å². The molecule has 3 rings (SSSR count). The summed E-state index contributed by atoms with van der Waals surface area (Å²) in [6.07, 6.45) is 0.762. The molecule has 0 aliphatic carbocycles. The van der Waals surface area contributed by atoms with E-state index >= 15 is 0 Å². The van der Waals surface area contributed by atoms with Crippen molar-refractivity contribution >= 4 is 35.0 Å². The van der Waals surface area contributed by atoms with Crippen LogP contribution >= 0.6 is 35.0 Å². The molecule has 0 fully saturated rings. The highest BCUT2D eigenvalue weighted by Crippen LogP contribution is 2.30. The van der Waals surface area contributed by atoms with Gasteiger partial charge in [0.2, 0.25) is 0 Å². The molecule has 1 aromatic heterocycles. The van der Waals surface area contributed by atoms with Gasteiger partial charge in [-0.25, -0.2) is 0 Å². The van der Waals surface area contributed by atoms with Crippen molar-refractivity contribution in [2.45, 2.75) is 17.3 Å². The van der Waals surface area contributed by atoms with Crippen LogP contribution in [-0.4, -0.2) is 14.8 Å². The molecule has 0 N–H and O–H groups in total. The minimum absolute atomic E-state index is 0.663. The summed E-state index contributed by atoms with van der Waals surface area (Å²) in [5.41, 5.74) is 2.14. The Hall–Kier alpha value is -1.49. The van der Waals surface area contributed by atoms with Crippen LogP contribution < -0.4 is 0 Å². The Morgan fingerprint density at radius 1 is 0.957 bits per heavy atom. The SMILES string of the molecule is Cn1c(Cc2ccccc2)nnc1SCc1c(Cl)cccc1Cl. The van der Waals surface area contributed by atoms with Crippen molar-refractivity contribution in [1.29, 1.82) is 0 Å². The van der Waals surface area contributed by atoms with Gasteiger partial charge in [-0.15, -0.1) is 10.2 Å². The monoisotopic (exact) mass is 363 g/mol. The van der Waals surface area contributed by atoms with Gasteiger partial charge >= 0.3 is 0 Å². The summed E-state index contributed by atoms with van der Waals surface area (Å²) >= 11 is 14.0. The van der Waals surface area contributed by atoms with Gasteiger partial charge in [0.15, 0.2) is 5.16 Å². The number of nitrogens with zero attached hydrogens (tertiary/aromatic N) is 3. The predicted octanol–water partition coefficient (Wildman–Crippen LogP) is 5.01. The zero-order valence-electron chi connectivity index (χ0n) is 12.5. The molecular formula is C17H15Cl2N3S. The van der Waals surface area contributed by atoms with E-state index in [1.807, 2.05) is 48.0 Å². The van der Waals surface area contributed by atoms with Crippen LogP contribution in [0.15, 0.2) is 53.7 Å². The molecule has 0 spiro atoms. The molecule has 2 aromatic carbocycles. The fourth-order valence-electron chi connectivity index (χ4n) is 2.21. The van der Waals surface area contributed by atoms with Gasteiger partial charge in [0, 0.05) is 29.3 Å². The van der Waals surface area contributed by atoms with E-state index in [9.17, 15) is 0 Å². The van der Waals surface area contributed by atoms with Crippen LogP contribution in [0.4, 0.5) is 0 Å². The Labute approximate surface area is 149 Å². The lowest BCUT2D eigenvalue weighted by Crippen LogP contribution is -2.00. The van der Waals surface area contributed by atoms with Crippen molar-refractivity contribution in [1.82, 2.24) is 14.8 Å². The number of halogens is 2. The van der Waals surface area contributed by atoms with Gasteiger partial charge in [0.1, 0.15) is 5.82 Å². The highest BCUT2D eigenvalue weighted by molar-refractivity contribution is 7.98. The first-order chi connectivity index (χ1) is 11.1. The van der Waals surface area contributed by atoms with E-state index in [1.165, 1.54) is 5.56 Å². The predicted molar refractivity (Wildman–Crippen MR) is 96.3 cm³/mol. The highest BCUT2D eigenvalue weighted by atomic mass is 35.5. The molecule has 0 aliphatic heterocycles. The van der Waals surface area contributed by atoms with E-state index in [1.54, 1.807) is 11.8 Å². The first kappa shape index (κ1) is 16.4. The van der Waals surface area contributed by atoms with Crippen molar-refractivity contribution in [3.8, 4) is 0 Å². The number of benzene rings is 2. The van der Waals surface area contributed by atoms with E-state index in [-0.39, 0.29) is 0 Å². The van der Waals surface area contributed by atoms with Gasteiger partial charge in [-0.1, -0.05) is 71.4 Å². The molecule has 0 amide bonds. The molecule has 0 saturated heterocycles. The molecule has 0 radical (unpaired) electrons. The summed E-state index contributed by atoms with van der Waals surface area (Å²) in [4.78, 5) is 0. The van der Waals surface area contributed by atoms with Crippen LogP contribution in [0.2, 0.25) is 10.0 Å². The standard InChI is InChI=1S/C17H15Cl2N3S/c1-22-16(10-12-6-3-2-4-7-12)20-21-17(22)23-11-13-14(18)8-5-9-15(13)19/h2-9H,10-11H2,1H3. The number of rotatable bonds is 5. The maximum Gasteiger partial charge on any atom is 0.191 e. The van der Waals surface area contributed by atoms with E-state index in [0.29, 0.717) is 15.8 Å². The van der Waals surface area contributed by atoms with Crippen molar-refractivity contribution in [3.05, 3.63) is 75.5 Å². The Balaban J connectivity index is 1.72. The van der Waals surface area contributed by atoms with Gasteiger partial charge in [-0.2, -0.15) is 0 Å². The van der Waals surface area contributed by atoms with E-state index in [4.69, 9.17) is 23.2 Å². The summed E-state index contributed by atoms with van der Waals surface area (Å²) in [6.45, 7) is 0. The summed E-state index contributed by atoms with van der Waals surface area (Å²) in [7, 11) is 1.98. The van der Waals surface area contributed by atoms with Gasteiger partial charge in [0.25, 0.3) is 0 Å². The average molecular weight is 364 g/mol. The van der Waals surface area contributed by atoms with Crippen LogP contribution in [0.25, 0.3) is 0 Å². The maximum absolute atomic E-state index is 6.21. The van der Waals surface area contributed by atoms with Gasteiger partial charge in [0.05, 0.1) is 0 Å². The number of aromatic nitrogens is 3. The van der Waals surface area contributed by atoms with Crippen molar-refractivity contribution in [2.75, 3.05) is 0 Å². The van der Waals surface area contributed by atoms with Crippen LogP contribution in [0, 0.1) is 0 Å². The fourth-order valence-corrected chi connectivity index (χ4v) is 3.88. The summed E-state index contributed by atoms with van der Waals surface area (Å²) < 4.78 is 2.02. The molecule has 23 heavy (non-hydrogen) atoms. The molecule has 1 heterocycles. The summed E-state index contributed by atoms with van der Waals surface area (Å²) in [5, 5.41) is 10.8. The van der Waals surface area contributed by atoms with E-state index in [0.717, 1.165) is 23.0 Å². The minimum atomic E-state index is 0.663. The lowest BCUT2D eigenvalue weighted by molar-refractivity contribution is 0.749. The number of hydrogen-bond acceptors (Lipinski definition) is 3. The molecular weight excluding hydrogens is 349 g/mol. The second-order valence-corrected chi connectivity index (χ2v) is 6.87. The van der Waals surface area contributed by atoms with Crippen molar-refractivity contribution < 1.29 is 0 Å². The third kappa shape index (κ3) is 3.89. The topological polar surface area (TPSA) is 30.7 Å². The second kappa shape index (κ2) is 7.39. The smallest absolute Gasteiger partial charge is 0.191 e. The summed E-state index contributed by atoms with van der Waals surface area (Å²) in [5.74, 6) is 1.60. The molecule has 118 valence electrons. The zero-order valence-corrected chi connectivity index (χ0v) is 14.9. The second-order valence-electron chi connectivity index (χ2n) is 5.11. The molecule has 0 bridgehead atoms. The van der Waals surface area contributed by atoms with E-state index in [2.05, 4.69) is 22.3 Å². The number of thioether (sulfide) groups is 1. The first-order valence-corrected chi connectivity index (χ1v) is 8.87. The van der Waals surface area contributed by atoms with E-state index < -0.39 is 0 Å². The zero-order chi connectivity index (χ0) is 16.2. The largest absolute Gasteiger partial charge is 0.309 e. The first-order valence-electron chi connectivity index (χ1n) is 7.13. The third-order valence-electron chi connectivity index (χ3n) is 3.54. The Bertz CT molecular complexity index is 783. The Morgan fingerprint density at radius 2 is 1.65 bits per heavy atom. The molecule has 0 atom stereocenters. The van der Waals surface area contributed by atoms with Crippen molar-refractivity contribution in [2.24, 2.45) is 7.05 Å². The molecule has 0 saturated carbocycles. The summed E-state index contributed by atoms with van der Waals surface area (Å²) in [6, 6.07) is 15.8. The normalized spacial score (nSPS) is 10.9. The van der Waals surface area contributed by atoms with Crippen LogP contribution in [0.5, 0.6) is 0 Å². The third-order valence-corrected chi connectivity index (χ3v) is 5.29. The maximum atomic E-state index is 6.21. The van der Waals surface area contributed by atoms with Crippen LogP contribution in [0.3, 0.4) is 0 Å². The molecule has 3 aromatic rings. The Morgan fingerprint density at radius 3 is 2.35 bits per heavy atom. The van der Waals surface area contributed by atoms with Gasteiger partial charge in [-0.3, -0.25) is 0 Å². The minimum Gasteiger partial charge on any atom is -0.309 e. The highest BCUT2D eigenvalue weighted by Gasteiger charge is 2.12. The van der Waals surface area contributed by atoms with Gasteiger partial charge < -0.3 is 4.57 Å². The van der Waals surface area contributed by atoms with Crippen LogP contribution in [0.1, 0.15) is 17.0 Å². The molecule has 0 aliphatic rings. The van der Waals surface area contributed by atoms with Crippen molar-refractivity contribution in [3.63, 3.8) is 0 Å². The van der Waals surface area contributed by atoms with Gasteiger partial charge in [-0.05, 0) is 23.3 Å². The average Bonchev–Trinajstić information content (AvgIpc) is 2.89. The lowest BCUT2D eigenvalue weighted by Gasteiger charge is -2.07. The lowest BCUT2D eigenvalue weighted by atomic mass is 10.1. The molecule has 3 nitrogen and oxygen atoms in total. The number of hydrogen-bond donors (Lipinski definition) is 0. The Kier molecular flexibility index (Phi) is 5.26. The quantitative estimate of drug-likeness (QED) is 0.597. The molecule has 6 heteroatoms. The fraction of sp³-hybridized carbons (Fsp3) is 0.176. The molecule has 0 unspecified atom stereocenters.